The molecule has 0 saturated carbocycles. The standard InChI is InChI=1S/C18H22N4O4/c1-22-10-12(7-20-22)15-8-19-9-16(15)18(24)21-13-3-5-14(6-4-13)26-11-17(23)25-2/h3-7,10,15-16,19H,8-9,11H2,1-2H3,(H,21,24)/t15-,16+/m1/s1. The Morgan fingerprint density at radius 2 is 2.08 bits per heavy atom. The Hall–Kier alpha value is -2.87. The van der Waals surface area contributed by atoms with Crippen LogP contribution in [0.1, 0.15) is 11.5 Å². The molecule has 0 spiro atoms. The van der Waals surface area contributed by atoms with E-state index in [1.807, 2.05) is 19.4 Å². The van der Waals surface area contributed by atoms with Gasteiger partial charge in [0.2, 0.25) is 5.91 Å². The van der Waals surface area contributed by atoms with E-state index in [2.05, 4.69) is 20.5 Å². The smallest absolute Gasteiger partial charge is 0.343 e. The minimum absolute atomic E-state index is 0.0351. The van der Waals surface area contributed by atoms with Crippen LogP contribution in [0.15, 0.2) is 36.7 Å². The summed E-state index contributed by atoms with van der Waals surface area (Å²) in [4.78, 5) is 23.8. The molecule has 1 aromatic heterocycles. The molecule has 1 aliphatic rings. The molecule has 2 atom stereocenters. The first-order valence-corrected chi connectivity index (χ1v) is 8.36. The molecule has 2 heterocycles. The van der Waals surface area contributed by atoms with Gasteiger partial charge in [-0.3, -0.25) is 9.48 Å². The summed E-state index contributed by atoms with van der Waals surface area (Å²) in [5.74, 6) is -0.00498. The molecule has 3 rings (SSSR count). The van der Waals surface area contributed by atoms with Crippen LogP contribution in [0.2, 0.25) is 0 Å². The first-order chi connectivity index (χ1) is 12.6. The third-order valence-corrected chi connectivity index (χ3v) is 4.41. The largest absolute Gasteiger partial charge is 0.482 e. The van der Waals surface area contributed by atoms with Gasteiger partial charge in [0, 0.05) is 37.9 Å². The number of carbonyl (C=O) groups is 2. The molecule has 0 radical (unpaired) electrons. The lowest BCUT2D eigenvalue weighted by Gasteiger charge is -2.17. The van der Waals surface area contributed by atoms with Crippen molar-refractivity contribution in [3.63, 3.8) is 0 Å². The third-order valence-electron chi connectivity index (χ3n) is 4.41. The molecule has 0 aliphatic carbocycles. The number of carbonyl (C=O) groups excluding carboxylic acids is 2. The van der Waals surface area contributed by atoms with E-state index in [0.717, 1.165) is 12.1 Å². The SMILES string of the molecule is COC(=O)COc1ccc(NC(=O)[C@H]2CNC[C@@H]2c2cnn(C)c2)cc1. The number of aromatic nitrogens is 2. The average molecular weight is 358 g/mol. The van der Waals surface area contributed by atoms with Crippen molar-refractivity contribution in [3.8, 4) is 5.75 Å². The second-order valence-corrected chi connectivity index (χ2v) is 6.20. The molecule has 8 nitrogen and oxygen atoms in total. The summed E-state index contributed by atoms with van der Waals surface area (Å²) < 4.78 is 11.6. The molecule has 0 unspecified atom stereocenters. The van der Waals surface area contributed by atoms with Gasteiger partial charge in [0.25, 0.3) is 0 Å². The molecule has 1 amide bonds. The van der Waals surface area contributed by atoms with Crippen LogP contribution >= 0.6 is 0 Å². The zero-order valence-corrected chi connectivity index (χ0v) is 14.8. The summed E-state index contributed by atoms with van der Waals surface area (Å²) in [6.07, 6.45) is 3.76. The van der Waals surface area contributed by atoms with Gasteiger partial charge in [0.05, 0.1) is 19.2 Å². The Labute approximate surface area is 151 Å². The number of benzene rings is 1. The van der Waals surface area contributed by atoms with Crippen molar-refractivity contribution in [1.29, 1.82) is 0 Å². The van der Waals surface area contributed by atoms with Gasteiger partial charge in [-0.1, -0.05) is 0 Å². The number of hydrogen-bond acceptors (Lipinski definition) is 6. The van der Waals surface area contributed by atoms with Crippen molar-refractivity contribution in [1.82, 2.24) is 15.1 Å². The van der Waals surface area contributed by atoms with Crippen LogP contribution in [0, 0.1) is 5.92 Å². The number of amides is 1. The number of nitrogens with one attached hydrogen (secondary N) is 2. The summed E-state index contributed by atoms with van der Waals surface area (Å²) in [5.41, 5.74) is 1.74. The maximum atomic E-state index is 12.7. The Balaban J connectivity index is 1.59. The first-order valence-electron chi connectivity index (χ1n) is 8.36. The Morgan fingerprint density at radius 1 is 1.31 bits per heavy atom. The van der Waals surface area contributed by atoms with Gasteiger partial charge in [-0.15, -0.1) is 0 Å². The van der Waals surface area contributed by atoms with Crippen LogP contribution in [0.5, 0.6) is 5.75 Å². The van der Waals surface area contributed by atoms with Crippen LogP contribution in [0.3, 0.4) is 0 Å². The molecule has 1 saturated heterocycles. The summed E-state index contributed by atoms with van der Waals surface area (Å²) >= 11 is 0. The van der Waals surface area contributed by atoms with Gasteiger partial charge in [0.1, 0.15) is 5.75 Å². The highest BCUT2D eigenvalue weighted by Crippen LogP contribution is 2.29. The fourth-order valence-corrected chi connectivity index (χ4v) is 3.01. The van der Waals surface area contributed by atoms with Crippen LogP contribution in [0.4, 0.5) is 5.69 Å². The number of hydrogen-bond donors (Lipinski definition) is 2. The van der Waals surface area contributed by atoms with Crippen LogP contribution in [-0.4, -0.2) is 48.5 Å². The average Bonchev–Trinajstić information content (AvgIpc) is 3.29. The molecule has 1 fully saturated rings. The number of methoxy groups -OCH3 is 1. The minimum Gasteiger partial charge on any atom is -0.482 e. The molecular weight excluding hydrogens is 336 g/mol. The summed E-state index contributed by atoms with van der Waals surface area (Å²) in [6, 6.07) is 6.88. The van der Waals surface area contributed by atoms with Gasteiger partial charge in [-0.25, -0.2) is 4.79 Å². The fourth-order valence-electron chi connectivity index (χ4n) is 3.01. The number of rotatable bonds is 6. The molecule has 2 N–H and O–H groups in total. The zero-order valence-electron chi connectivity index (χ0n) is 14.8. The highest BCUT2D eigenvalue weighted by molar-refractivity contribution is 5.93. The molecule has 1 aromatic carbocycles. The molecule has 26 heavy (non-hydrogen) atoms. The predicted octanol–water partition coefficient (Wildman–Crippen LogP) is 0.914. The van der Waals surface area contributed by atoms with Crippen molar-refractivity contribution in [2.24, 2.45) is 13.0 Å². The summed E-state index contributed by atoms with van der Waals surface area (Å²) in [7, 11) is 3.17. The monoisotopic (exact) mass is 358 g/mol. The molecule has 138 valence electrons. The number of anilines is 1. The molecule has 1 aliphatic heterocycles. The molecule has 2 aromatic rings. The predicted molar refractivity (Wildman–Crippen MR) is 94.9 cm³/mol. The van der Waals surface area contributed by atoms with Gasteiger partial charge in [-0.05, 0) is 29.8 Å². The van der Waals surface area contributed by atoms with Gasteiger partial charge < -0.3 is 20.1 Å². The third kappa shape index (κ3) is 4.20. The van der Waals surface area contributed by atoms with E-state index >= 15 is 0 Å². The van der Waals surface area contributed by atoms with Crippen molar-refractivity contribution in [2.75, 3.05) is 32.1 Å². The van der Waals surface area contributed by atoms with E-state index in [-0.39, 0.29) is 24.3 Å². The van der Waals surface area contributed by atoms with Crippen LogP contribution in [0.25, 0.3) is 0 Å². The fraction of sp³-hybridized carbons (Fsp3) is 0.389. The second-order valence-electron chi connectivity index (χ2n) is 6.20. The quantitative estimate of drug-likeness (QED) is 0.746. The van der Waals surface area contributed by atoms with Gasteiger partial charge in [0.15, 0.2) is 6.61 Å². The maximum Gasteiger partial charge on any atom is 0.343 e. The Kier molecular flexibility index (Phi) is 5.52. The van der Waals surface area contributed by atoms with E-state index in [9.17, 15) is 9.59 Å². The number of nitrogens with zero attached hydrogens (tertiary/aromatic N) is 2. The first kappa shape index (κ1) is 17.9. The summed E-state index contributed by atoms with van der Waals surface area (Å²) in [5, 5.41) is 10.4. The normalized spacial score (nSPS) is 19.2. The number of aryl methyl sites for hydroxylation is 1. The van der Waals surface area contributed by atoms with E-state index < -0.39 is 5.97 Å². The zero-order chi connectivity index (χ0) is 18.5. The Morgan fingerprint density at radius 3 is 2.73 bits per heavy atom. The summed E-state index contributed by atoms with van der Waals surface area (Å²) in [6.45, 7) is 1.23. The van der Waals surface area contributed by atoms with E-state index in [0.29, 0.717) is 18.0 Å². The van der Waals surface area contributed by atoms with Crippen LogP contribution < -0.4 is 15.4 Å². The highest BCUT2D eigenvalue weighted by atomic mass is 16.6. The lowest BCUT2D eigenvalue weighted by atomic mass is 9.90. The highest BCUT2D eigenvalue weighted by Gasteiger charge is 2.34. The second kappa shape index (κ2) is 8.01. The van der Waals surface area contributed by atoms with E-state index in [1.165, 1.54) is 7.11 Å². The van der Waals surface area contributed by atoms with Crippen molar-refractivity contribution < 1.29 is 19.1 Å². The number of esters is 1. The maximum absolute atomic E-state index is 12.7. The van der Waals surface area contributed by atoms with Crippen molar-refractivity contribution in [3.05, 3.63) is 42.2 Å². The molecule has 0 bridgehead atoms. The van der Waals surface area contributed by atoms with Crippen molar-refractivity contribution in [2.45, 2.75) is 5.92 Å². The van der Waals surface area contributed by atoms with Crippen molar-refractivity contribution >= 4 is 17.6 Å². The number of ether oxygens (including phenoxy) is 2. The van der Waals surface area contributed by atoms with Gasteiger partial charge in [-0.2, -0.15) is 5.10 Å². The molecular formula is C18H22N4O4. The van der Waals surface area contributed by atoms with E-state index in [1.54, 1.807) is 28.9 Å². The lowest BCUT2D eigenvalue weighted by molar-refractivity contribution is -0.142. The van der Waals surface area contributed by atoms with Crippen LogP contribution in [-0.2, 0) is 21.4 Å². The van der Waals surface area contributed by atoms with Gasteiger partial charge >= 0.3 is 5.97 Å². The molecule has 8 heteroatoms. The Bertz CT molecular complexity index is 772. The minimum atomic E-state index is -0.447. The van der Waals surface area contributed by atoms with E-state index in [4.69, 9.17) is 4.74 Å². The topological polar surface area (TPSA) is 94.5 Å². The lowest BCUT2D eigenvalue weighted by Crippen LogP contribution is -2.28.